The Morgan fingerprint density at radius 1 is 0.793 bits per heavy atom. The topological polar surface area (TPSA) is 94.9 Å². The van der Waals surface area contributed by atoms with Gasteiger partial charge in [0, 0.05) is 0 Å². The van der Waals surface area contributed by atoms with E-state index in [-0.39, 0.29) is 0 Å². The lowest BCUT2D eigenvalue weighted by atomic mass is 10.4. The third kappa shape index (κ3) is 7.07. The summed E-state index contributed by atoms with van der Waals surface area (Å²) in [4.78, 5) is 0. The smallest absolute Gasteiger partial charge is 0.425 e. The lowest BCUT2D eigenvalue weighted by Crippen LogP contribution is -2.48. The number of quaternary nitrogens is 1. The van der Waals surface area contributed by atoms with Gasteiger partial charge in [0.25, 0.3) is 0 Å². The first-order chi connectivity index (χ1) is 12.3. The minimum atomic E-state index is -7.62. The van der Waals surface area contributed by atoms with E-state index >= 15 is 0 Å². The first-order valence-electron chi connectivity index (χ1n) is 6.83. The molecule has 0 aliphatic carbocycles. The third-order valence-corrected chi connectivity index (χ3v) is 5.99. The number of sulfonamides is 2. The van der Waals surface area contributed by atoms with Crippen LogP contribution in [0.25, 0.3) is 4.13 Å². The van der Waals surface area contributed by atoms with E-state index in [2.05, 4.69) is 21.1 Å². The van der Waals surface area contributed by atoms with Crippen LogP contribution in [0.3, 0.4) is 0 Å². The molecule has 29 heavy (non-hydrogen) atoms. The average Bonchev–Trinajstić information content (AvgIpc) is 3.16. The Kier molecular flexibility index (Phi) is 7.71. The van der Waals surface area contributed by atoms with Crippen molar-refractivity contribution < 1.29 is 70.0 Å². The summed E-state index contributed by atoms with van der Waals surface area (Å²) in [7, 11) is -8.69. The van der Waals surface area contributed by atoms with Crippen LogP contribution in [0, 0.1) is 0 Å². The van der Waals surface area contributed by atoms with Gasteiger partial charge in [-0.25, -0.2) is 16.8 Å². The van der Waals surface area contributed by atoms with Crippen LogP contribution >= 0.6 is 0 Å². The highest BCUT2D eigenvalue weighted by molar-refractivity contribution is 8.13. The Morgan fingerprint density at radius 3 is 1.21 bits per heavy atom. The van der Waals surface area contributed by atoms with Gasteiger partial charge in [0.1, 0.15) is 12.6 Å². The summed E-state index contributed by atoms with van der Waals surface area (Å²) >= 11 is 0. The molecule has 0 aromatic rings. The summed E-state index contributed by atoms with van der Waals surface area (Å²) in [5.41, 5.74) is 0. The van der Waals surface area contributed by atoms with Crippen molar-refractivity contribution >= 4 is 20.0 Å². The second kappa shape index (κ2) is 7.97. The van der Waals surface area contributed by atoms with Gasteiger partial charge < -0.3 is 13.3 Å². The number of nitrogens with zero attached hydrogens (tertiary/aromatic N) is 2. The molecule has 0 amide bonds. The van der Waals surface area contributed by atoms with Gasteiger partial charge in [0.2, 0.25) is 0 Å². The molecule has 1 unspecified atom stereocenters. The van der Waals surface area contributed by atoms with Crippen LogP contribution in [-0.2, 0) is 24.8 Å². The third-order valence-electron chi connectivity index (χ3n) is 2.66. The number of rotatable bonds is 6. The molecule has 176 valence electrons. The van der Waals surface area contributed by atoms with Crippen molar-refractivity contribution in [2.45, 2.75) is 29.0 Å². The summed E-state index contributed by atoms with van der Waals surface area (Å²) in [5, 5.41) is -14.0. The Labute approximate surface area is 158 Å². The molecule has 0 spiro atoms. The molecule has 1 aliphatic heterocycles. The Morgan fingerprint density at radius 2 is 1.07 bits per heavy atom. The van der Waals surface area contributed by atoms with Crippen molar-refractivity contribution in [3.05, 3.63) is 4.13 Å². The van der Waals surface area contributed by atoms with Crippen LogP contribution in [0.1, 0.15) is 0 Å². The molecule has 1 aliphatic rings. The number of ether oxygens (including phenoxy) is 1. The van der Waals surface area contributed by atoms with E-state index in [1.807, 2.05) is 0 Å². The molecular formula is C10H14F10N2O5S2. The number of hydrogen-bond donors (Lipinski definition) is 0. The minimum absolute atomic E-state index is 0.422. The maximum atomic E-state index is 12.3. The van der Waals surface area contributed by atoms with Gasteiger partial charge in [0.05, 0.1) is 27.7 Å². The van der Waals surface area contributed by atoms with E-state index in [1.165, 1.54) is 0 Å². The highest BCUT2D eigenvalue weighted by atomic mass is 32.3. The standard InChI is InChI=1S/C6H14NO.C4F10NO4S2/c1-7(2,3)4-6-5-8-6;5-1(6,7)3(11,12)20(16,17)15-21(18,19)4(13,14)2(8,9)10/h6H,4-5H2,1-3H3;/q+1;-1. The molecule has 0 aromatic heterocycles. The van der Waals surface area contributed by atoms with Crippen LogP contribution < -0.4 is 0 Å². The summed E-state index contributed by atoms with van der Waals surface area (Å²) < 4.78 is 167. The molecule has 7 nitrogen and oxygen atoms in total. The fourth-order valence-corrected chi connectivity index (χ4v) is 3.67. The molecule has 1 heterocycles. The van der Waals surface area contributed by atoms with Gasteiger partial charge in [-0.1, -0.05) is 0 Å². The zero-order valence-corrected chi connectivity index (χ0v) is 16.2. The van der Waals surface area contributed by atoms with E-state index in [1.54, 1.807) is 0 Å². The van der Waals surface area contributed by atoms with Crippen molar-refractivity contribution in [1.29, 1.82) is 0 Å². The Hall–Kier alpha value is -0.920. The van der Waals surface area contributed by atoms with E-state index in [9.17, 15) is 60.7 Å². The molecule has 1 fully saturated rings. The fraction of sp³-hybridized carbons (Fsp3) is 1.00. The first kappa shape index (κ1) is 28.1. The number of halogens is 10. The Bertz CT molecular complexity index is 725. The van der Waals surface area contributed by atoms with Crippen LogP contribution in [-0.4, -0.2) is 84.6 Å². The van der Waals surface area contributed by atoms with Crippen LogP contribution in [0.15, 0.2) is 0 Å². The van der Waals surface area contributed by atoms with Crippen molar-refractivity contribution in [2.24, 2.45) is 0 Å². The lowest BCUT2D eigenvalue weighted by Gasteiger charge is -2.31. The molecule has 0 aromatic carbocycles. The van der Waals surface area contributed by atoms with Crippen molar-refractivity contribution in [3.8, 4) is 0 Å². The second-order valence-corrected chi connectivity index (χ2v) is 10.0. The zero-order chi connectivity index (χ0) is 23.9. The highest BCUT2D eigenvalue weighted by Crippen LogP contribution is 2.47. The van der Waals surface area contributed by atoms with Crippen LogP contribution in [0.2, 0.25) is 0 Å². The second-order valence-electron chi connectivity index (χ2n) is 6.48. The molecule has 0 radical (unpaired) electrons. The summed E-state index contributed by atoms with van der Waals surface area (Å²) in [5.74, 6) is 0. The van der Waals surface area contributed by atoms with Gasteiger partial charge in [-0.2, -0.15) is 43.9 Å². The number of hydrogen-bond acceptors (Lipinski definition) is 5. The van der Waals surface area contributed by atoms with Gasteiger partial charge in [-0.3, -0.25) is 0 Å². The van der Waals surface area contributed by atoms with Gasteiger partial charge >= 0.3 is 22.9 Å². The molecule has 1 atom stereocenters. The van der Waals surface area contributed by atoms with Crippen molar-refractivity contribution in [1.82, 2.24) is 0 Å². The largest absolute Gasteiger partial charge is 0.467 e. The Balaban J connectivity index is 0.000000807. The van der Waals surface area contributed by atoms with Crippen molar-refractivity contribution in [3.63, 3.8) is 0 Å². The van der Waals surface area contributed by atoms with Crippen LogP contribution in [0.5, 0.6) is 0 Å². The molecule has 0 saturated carbocycles. The summed E-state index contributed by atoms with van der Waals surface area (Å²) in [6, 6.07) is 0. The number of epoxide rings is 1. The zero-order valence-electron chi connectivity index (χ0n) is 14.5. The van der Waals surface area contributed by atoms with Gasteiger partial charge in [-0.15, -0.1) is 0 Å². The fourth-order valence-electron chi connectivity index (χ4n) is 1.30. The summed E-state index contributed by atoms with van der Waals surface area (Å²) in [6.07, 6.45) is -13.4. The van der Waals surface area contributed by atoms with Gasteiger partial charge in [-0.05, 0) is 0 Å². The van der Waals surface area contributed by atoms with E-state index in [0.717, 1.165) is 17.6 Å². The van der Waals surface area contributed by atoms with Crippen molar-refractivity contribution in [2.75, 3.05) is 34.3 Å². The molecular weight excluding hydrogens is 482 g/mol. The molecule has 19 heteroatoms. The number of likely N-dealkylation sites (N-methyl/N-ethyl adjacent to an activating group) is 1. The minimum Gasteiger partial charge on any atom is -0.425 e. The van der Waals surface area contributed by atoms with E-state index in [4.69, 9.17) is 4.74 Å². The monoisotopic (exact) mass is 496 g/mol. The molecule has 0 N–H and O–H groups in total. The van der Waals surface area contributed by atoms with Gasteiger partial charge in [0.15, 0.2) is 20.0 Å². The molecule has 1 saturated heterocycles. The maximum absolute atomic E-state index is 12.3. The lowest BCUT2D eigenvalue weighted by molar-refractivity contribution is -0.870. The average molecular weight is 496 g/mol. The molecule has 0 bridgehead atoms. The van der Waals surface area contributed by atoms with Crippen LogP contribution in [0.4, 0.5) is 43.9 Å². The SMILES string of the molecule is C[N+](C)(C)CC1CO1.O=S(=O)([N-]S(=O)(=O)C(F)(F)C(F)(F)F)C(F)(F)C(F)(F)F. The highest BCUT2D eigenvalue weighted by Gasteiger charge is 2.68. The van der Waals surface area contributed by atoms with E-state index < -0.39 is 42.9 Å². The summed E-state index contributed by atoms with van der Waals surface area (Å²) in [6.45, 7) is 2.13. The molecule has 1 rings (SSSR count). The maximum Gasteiger partial charge on any atom is 0.467 e. The first-order valence-corrected chi connectivity index (χ1v) is 9.71. The predicted octanol–water partition coefficient (Wildman–Crippen LogP) is 2.42. The van der Waals surface area contributed by atoms with E-state index in [0.29, 0.717) is 10.2 Å². The number of alkyl halides is 10. The quantitative estimate of drug-likeness (QED) is 0.320. The normalized spacial score (nSPS) is 19.4. The predicted molar refractivity (Wildman–Crippen MR) is 75.8 cm³/mol.